The molecule has 1 aliphatic rings. The summed E-state index contributed by atoms with van der Waals surface area (Å²) in [6, 6.07) is 17.6. The molecular weight excluding hydrogens is 358 g/mol. The number of carbonyl (C=O) groups is 2. The number of amides is 2. The Morgan fingerprint density at radius 1 is 0.963 bits per heavy atom. The van der Waals surface area contributed by atoms with Gasteiger partial charge < -0.3 is 10.2 Å². The van der Waals surface area contributed by atoms with Crippen LogP contribution in [0.15, 0.2) is 59.5 Å². The van der Waals surface area contributed by atoms with Crippen molar-refractivity contribution in [2.24, 2.45) is 0 Å². The van der Waals surface area contributed by atoms with Crippen molar-refractivity contribution < 1.29 is 9.59 Å². The number of aryl methyl sites for hydroxylation is 1. The van der Waals surface area contributed by atoms with Gasteiger partial charge in [-0.15, -0.1) is 11.8 Å². The average molecular weight is 384 g/mol. The first-order valence-electron chi connectivity index (χ1n) is 9.15. The number of rotatable bonds is 6. The highest BCUT2D eigenvalue weighted by Crippen LogP contribution is 2.22. The van der Waals surface area contributed by atoms with Crippen LogP contribution in [0, 0.1) is 6.92 Å². The van der Waals surface area contributed by atoms with Crippen LogP contribution in [0.4, 0.5) is 5.69 Å². The van der Waals surface area contributed by atoms with E-state index in [9.17, 15) is 9.59 Å². The van der Waals surface area contributed by atoms with E-state index in [-0.39, 0.29) is 11.8 Å². The van der Waals surface area contributed by atoms with E-state index in [2.05, 4.69) is 29.3 Å². The quantitative estimate of drug-likeness (QED) is 0.780. The molecule has 0 unspecified atom stereocenters. The summed E-state index contributed by atoms with van der Waals surface area (Å²) in [5.41, 5.74) is 2.01. The van der Waals surface area contributed by atoms with E-state index < -0.39 is 0 Å². The van der Waals surface area contributed by atoms with Gasteiger partial charge in [-0.05, 0) is 30.7 Å². The minimum Gasteiger partial charge on any atom is -0.339 e. The van der Waals surface area contributed by atoms with Crippen LogP contribution < -0.4 is 5.32 Å². The second kappa shape index (κ2) is 9.58. The third kappa shape index (κ3) is 5.84. The monoisotopic (exact) mass is 383 g/mol. The maximum Gasteiger partial charge on any atom is 0.238 e. The fourth-order valence-electron chi connectivity index (χ4n) is 3.03. The summed E-state index contributed by atoms with van der Waals surface area (Å²) in [6.45, 7) is 5.21. The van der Waals surface area contributed by atoms with Gasteiger partial charge in [-0.2, -0.15) is 0 Å². The fourth-order valence-corrected chi connectivity index (χ4v) is 3.96. The van der Waals surface area contributed by atoms with Gasteiger partial charge in [-0.3, -0.25) is 14.5 Å². The van der Waals surface area contributed by atoms with Gasteiger partial charge in [0.25, 0.3) is 0 Å². The summed E-state index contributed by atoms with van der Waals surface area (Å²) in [5, 5.41) is 2.90. The second-order valence-electron chi connectivity index (χ2n) is 6.63. The van der Waals surface area contributed by atoms with Gasteiger partial charge in [0.15, 0.2) is 0 Å². The number of nitrogens with zero attached hydrogens (tertiary/aromatic N) is 2. The summed E-state index contributed by atoms with van der Waals surface area (Å²) >= 11 is 1.59. The van der Waals surface area contributed by atoms with Gasteiger partial charge in [0.05, 0.1) is 12.3 Å². The van der Waals surface area contributed by atoms with Crippen molar-refractivity contribution in [3.05, 3.63) is 60.2 Å². The highest BCUT2D eigenvalue weighted by molar-refractivity contribution is 8.00. The number of benzene rings is 2. The van der Waals surface area contributed by atoms with E-state index >= 15 is 0 Å². The lowest BCUT2D eigenvalue weighted by Gasteiger charge is -2.34. The Kier molecular flexibility index (Phi) is 6.90. The lowest BCUT2D eigenvalue weighted by Crippen LogP contribution is -2.50. The molecule has 6 heteroatoms. The molecule has 0 aromatic heterocycles. The van der Waals surface area contributed by atoms with Crippen LogP contribution in [-0.4, -0.2) is 60.1 Å². The number of anilines is 1. The molecule has 0 spiro atoms. The third-order valence-corrected chi connectivity index (χ3v) is 5.75. The first-order chi connectivity index (χ1) is 13.1. The predicted octanol–water partition coefficient (Wildman–Crippen LogP) is 2.87. The molecule has 0 aliphatic carbocycles. The fraction of sp³-hybridized carbons (Fsp3) is 0.333. The Morgan fingerprint density at radius 3 is 2.33 bits per heavy atom. The number of carbonyl (C=O) groups excluding carboxylic acids is 2. The van der Waals surface area contributed by atoms with Crippen LogP contribution in [0.25, 0.3) is 0 Å². The average Bonchev–Trinajstić information content (AvgIpc) is 2.68. The molecule has 0 bridgehead atoms. The highest BCUT2D eigenvalue weighted by Gasteiger charge is 2.22. The molecule has 1 N–H and O–H groups in total. The molecule has 1 saturated heterocycles. The normalized spacial score (nSPS) is 14.8. The molecule has 1 fully saturated rings. The molecular formula is C21H25N3O2S. The summed E-state index contributed by atoms with van der Waals surface area (Å²) in [5.74, 6) is 0.604. The first kappa shape index (κ1) is 19.5. The number of piperazine rings is 1. The topological polar surface area (TPSA) is 52.7 Å². The van der Waals surface area contributed by atoms with Crippen molar-refractivity contribution in [1.29, 1.82) is 0 Å². The standard InChI is InChI=1S/C21H25N3O2S/c1-17-7-5-6-10-19(17)27-16-21(26)24-13-11-23(12-14-24)15-20(25)22-18-8-3-2-4-9-18/h2-10H,11-16H2,1H3,(H,22,25). The third-order valence-electron chi connectivity index (χ3n) is 4.59. The van der Waals surface area contributed by atoms with Crippen molar-refractivity contribution in [3.63, 3.8) is 0 Å². The molecule has 1 aliphatic heterocycles. The molecule has 2 aromatic carbocycles. The van der Waals surface area contributed by atoms with Crippen LogP contribution in [0.3, 0.4) is 0 Å². The van der Waals surface area contributed by atoms with E-state index in [4.69, 9.17) is 0 Å². The largest absolute Gasteiger partial charge is 0.339 e. The molecule has 1 heterocycles. The molecule has 3 rings (SSSR count). The Hall–Kier alpha value is -2.31. The Morgan fingerprint density at radius 2 is 1.63 bits per heavy atom. The predicted molar refractivity (Wildman–Crippen MR) is 110 cm³/mol. The van der Waals surface area contributed by atoms with E-state index in [1.54, 1.807) is 11.8 Å². The van der Waals surface area contributed by atoms with Crippen LogP contribution in [-0.2, 0) is 9.59 Å². The maximum absolute atomic E-state index is 12.5. The van der Waals surface area contributed by atoms with Gasteiger partial charge in [0.2, 0.25) is 11.8 Å². The van der Waals surface area contributed by atoms with Crippen molar-refractivity contribution in [2.75, 3.05) is 43.8 Å². The van der Waals surface area contributed by atoms with Crippen molar-refractivity contribution in [1.82, 2.24) is 9.80 Å². The number of hydrogen-bond donors (Lipinski definition) is 1. The molecule has 0 saturated carbocycles. The zero-order valence-electron chi connectivity index (χ0n) is 15.6. The van der Waals surface area contributed by atoms with Gasteiger partial charge in [0, 0.05) is 36.8 Å². The van der Waals surface area contributed by atoms with Gasteiger partial charge in [-0.25, -0.2) is 0 Å². The Labute approximate surface area is 164 Å². The van der Waals surface area contributed by atoms with Crippen LogP contribution in [0.2, 0.25) is 0 Å². The van der Waals surface area contributed by atoms with E-state index in [0.29, 0.717) is 25.4 Å². The second-order valence-corrected chi connectivity index (χ2v) is 7.64. The number of para-hydroxylation sites is 1. The van der Waals surface area contributed by atoms with E-state index in [1.165, 1.54) is 5.56 Å². The maximum atomic E-state index is 12.5. The molecule has 0 atom stereocenters. The smallest absolute Gasteiger partial charge is 0.238 e. The van der Waals surface area contributed by atoms with Crippen molar-refractivity contribution in [3.8, 4) is 0 Å². The minimum atomic E-state index is -0.0175. The van der Waals surface area contributed by atoms with Crippen LogP contribution >= 0.6 is 11.8 Å². The zero-order valence-corrected chi connectivity index (χ0v) is 16.4. The lowest BCUT2D eigenvalue weighted by atomic mass is 10.2. The summed E-state index contributed by atoms with van der Waals surface area (Å²) < 4.78 is 0. The lowest BCUT2D eigenvalue weighted by molar-refractivity contribution is -0.130. The van der Waals surface area contributed by atoms with Gasteiger partial charge in [0.1, 0.15) is 0 Å². The molecule has 142 valence electrons. The number of thioether (sulfide) groups is 1. The molecule has 5 nitrogen and oxygen atoms in total. The van der Waals surface area contributed by atoms with E-state index in [0.717, 1.165) is 23.7 Å². The molecule has 2 aromatic rings. The molecule has 0 radical (unpaired) electrons. The first-order valence-corrected chi connectivity index (χ1v) is 10.1. The SMILES string of the molecule is Cc1ccccc1SCC(=O)N1CCN(CC(=O)Nc2ccccc2)CC1. The highest BCUT2D eigenvalue weighted by atomic mass is 32.2. The number of nitrogens with one attached hydrogen (secondary N) is 1. The number of hydrogen-bond acceptors (Lipinski definition) is 4. The minimum absolute atomic E-state index is 0.0175. The molecule has 27 heavy (non-hydrogen) atoms. The molecule has 2 amide bonds. The van der Waals surface area contributed by atoms with Gasteiger partial charge in [-0.1, -0.05) is 36.4 Å². The van der Waals surface area contributed by atoms with Crippen molar-refractivity contribution >= 4 is 29.3 Å². The summed E-state index contributed by atoms with van der Waals surface area (Å²) in [7, 11) is 0. The zero-order chi connectivity index (χ0) is 19.1. The van der Waals surface area contributed by atoms with Crippen molar-refractivity contribution in [2.45, 2.75) is 11.8 Å². The summed E-state index contributed by atoms with van der Waals surface area (Å²) in [4.78, 5) is 29.8. The van der Waals surface area contributed by atoms with Crippen LogP contribution in [0.1, 0.15) is 5.56 Å². The van der Waals surface area contributed by atoms with Crippen LogP contribution in [0.5, 0.6) is 0 Å². The van der Waals surface area contributed by atoms with E-state index in [1.807, 2.05) is 47.4 Å². The van der Waals surface area contributed by atoms with Gasteiger partial charge >= 0.3 is 0 Å². The Balaban J connectivity index is 1.40. The Bertz CT molecular complexity index is 774. The summed E-state index contributed by atoms with van der Waals surface area (Å²) in [6.07, 6.45) is 0.